The summed E-state index contributed by atoms with van der Waals surface area (Å²) in [5, 5.41) is 13.4. The molecule has 0 atom stereocenters. The van der Waals surface area contributed by atoms with Crippen molar-refractivity contribution in [1.29, 1.82) is 0 Å². The molecule has 0 aliphatic carbocycles. The van der Waals surface area contributed by atoms with Gasteiger partial charge >= 0.3 is 0 Å². The van der Waals surface area contributed by atoms with E-state index in [4.69, 9.17) is 0 Å². The van der Waals surface area contributed by atoms with E-state index in [0.717, 1.165) is 0 Å². The average Bonchev–Trinajstić information content (AvgIpc) is 2.73. The second-order valence-corrected chi connectivity index (χ2v) is 7.74. The topological polar surface area (TPSA) is 118 Å². The van der Waals surface area contributed by atoms with E-state index in [1.165, 1.54) is 36.4 Å². The zero-order valence-electron chi connectivity index (χ0n) is 15.1. The van der Waals surface area contributed by atoms with Gasteiger partial charge in [0, 0.05) is 24.2 Å². The lowest BCUT2D eigenvalue weighted by molar-refractivity contribution is -0.384. The molecule has 0 aliphatic heterocycles. The SMILES string of the molecule is O=C(NCc1ccccc1NS(=O)(=O)c1ccccc1)c1ccc([N+](=O)[O-])cc1. The van der Waals surface area contributed by atoms with Crippen LogP contribution in [0.25, 0.3) is 0 Å². The van der Waals surface area contributed by atoms with Gasteiger partial charge in [-0.3, -0.25) is 19.6 Å². The average molecular weight is 411 g/mol. The van der Waals surface area contributed by atoms with Crippen molar-refractivity contribution < 1.29 is 18.1 Å². The van der Waals surface area contributed by atoms with Gasteiger partial charge in [-0.1, -0.05) is 36.4 Å². The number of nitrogens with zero attached hydrogens (tertiary/aromatic N) is 1. The lowest BCUT2D eigenvalue weighted by atomic mass is 10.1. The number of para-hydroxylation sites is 1. The monoisotopic (exact) mass is 411 g/mol. The molecule has 2 N–H and O–H groups in total. The first-order valence-corrected chi connectivity index (χ1v) is 10.0. The Morgan fingerprint density at radius 1 is 0.897 bits per heavy atom. The number of nitro benzene ring substituents is 1. The number of sulfonamides is 1. The number of carbonyl (C=O) groups excluding carboxylic acids is 1. The Bertz CT molecular complexity index is 1130. The molecule has 0 spiro atoms. The predicted octanol–water partition coefficient (Wildman–Crippen LogP) is 3.33. The van der Waals surface area contributed by atoms with Gasteiger partial charge in [0.05, 0.1) is 15.5 Å². The number of amides is 1. The molecule has 0 heterocycles. The standard InChI is InChI=1S/C20H17N3O5S/c24-20(15-10-12-17(13-11-15)23(25)26)21-14-16-6-4-5-9-19(16)22-29(27,28)18-7-2-1-3-8-18/h1-13,22H,14H2,(H,21,24). The van der Waals surface area contributed by atoms with E-state index in [2.05, 4.69) is 10.0 Å². The van der Waals surface area contributed by atoms with Crippen LogP contribution in [0.5, 0.6) is 0 Å². The number of anilines is 1. The molecule has 0 bridgehead atoms. The molecule has 0 saturated heterocycles. The normalized spacial score (nSPS) is 10.9. The minimum absolute atomic E-state index is 0.0727. The Kier molecular flexibility index (Phi) is 5.89. The molecule has 29 heavy (non-hydrogen) atoms. The number of hydrogen-bond donors (Lipinski definition) is 2. The number of nitrogens with one attached hydrogen (secondary N) is 2. The minimum Gasteiger partial charge on any atom is -0.348 e. The Morgan fingerprint density at radius 2 is 1.52 bits per heavy atom. The first kappa shape index (κ1) is 20.0. The summed E-state index contributed by atoms with van der Waals surface area (Å²) in [7, 11) is -3.77. The first-order chi connectivity index (χ1) is 13.9. The fourth-order valence-electron chi connectivity index (χ4n) is 2.59. The number of non-ortho nitro benzene ring substituents is 1. The molecule has 8 nitrogen and oxygen atoms in total. The van der Waals surface area contributed by atoms with Crippen LogP contribution in [0.15, 0.2) is 83.8 Å². The third-order valence-electron chi connectivity index (χ3n) is 4.09. The molecule has 3 rings (SSSR count). The van der Waals surface area contributed by atoms with Crippen molar-refractivity contribution in [1.82, 2.24) is 5.32 Å². The van der Waals surface area contributed by atoms with Crippen LogP contribution in [-0.4, -0.2) is 19.2 Å². The summed E-state index contributed by atoms with van der Waals surface area (Å²) in [5.74, 6) is -0.430. The number of carbonyl (C=O) groups is 1. The maximum absolute atomic E-state index is 12.5. The summed E-state index contributed by atoms with van der Waals surface area (Å²) in [6.07, 6.45) is 0. The number of nitro groups is 1. The molecule has 3 aromatic rings. The second kappa shape index (κ2) is 8.53. The third-order valence-corrected chi connectivity index (χ3v) is 5.48. The fourth-order valence-corrected chi connectivity index (χ4v) is 3.71. The van der Waals surface area contributed by atoms with Crippen LogP contribution in [0.4, 0.5) is 11.4 Å². The Morgan fingerprint density at radius 3 is 2.17 bits per heavy atom. The van der Waals surface area contributed by atoms with Crippen LogP contribution in [-0.2, 0) is 16.6 Å². The van der Waals surface area contributed by atoms with Gasteiger partial charge in [-0.25, -0.2) is 8.42 Å². The summed E-state index contributed by atoms with van der Waals surface area (Å²) in [6.45, 7) is 0.0727. The zero-order chi connectivity index (χ0) is 20.9. The quantitative estimate of drug-likeness (QED) is 0.457. The van der Waals surface area contributed by atoms with Crippen molar-refractivity contribution in [3.05, 3.63) is 100 Å². The summed E-state index contributed by atoms with van der Waals surface area (Å²) in [6, 6.07) is 19.9. The number of benzene rings is 3. The molecule has 9 heteroatoms. The van der Waals surface area contributed by atoms with Crippen molar-refractivity contribution in [2.75, 3.05) is 4.72 Å². The highest BCUT2D eigenvalue weighted by Crippen LogP contribution is 2.20. The predicted molar refractivity (Wildman–Crippen MR) is 108 cm³/mol. The van der Waals surface area contributed by atoms with Crippen molar-refractivity contribution >= 4 is 27.3 Å². The van der Waals surface area contributed by atoms with Crippen molar-refractivity contribution in [2.24, 2.45) is 0 Å². The van der Waals surface area contributed by atoms with Crippen LogP contribution in [0.1, 0.15) is 15.9 Å². The lowest BCUT2D eigenvalue weighted by Gasteiger charge is -2.13. The summed E-state index contributed by atoms with van der Waals surface area (Å²) >= 11 is 0. The smallest absolute Gasteiger partial charge is 0.269 e. The molecule has 148 valence electrons. The highest BCUT2D eigenvalue weighted by Gasteiger charge is 2.16. The molecular weight excluding hydrogens is 394 g/mol. The highest BCUT2D eigenvalue weighted by molar-refractivity contribution is 7.92. The van der Waals surface area contributed by atoms with E-state index in [0.29, 0.717) is 11.3 Å². The van der Waals surface area contributed by atoms with E-state index in [9.17, 15) is 23.3 Å². The molecule has 0 aliphatic rings. The molecule has 0 saturated carbocycles. The molecule has 0 unspecified atom stereocenters. The van der Waals surface area contributed by atoms with Gasteiger partial charge in [-0.15, -0.1) is 0 Å². The van der Waals surface area contributed by atoms with Gasteiger partial charge in [0.1, 0.15) is 0 Å². The molecule has 0 radical (unpaired) electrons. The van der Waals surface area contributed by atoms with E-state index < -0.39 is 20.9 Å². The van der Waals surface area contributed by atoms with Gasteiger partial charge in [0.2, 0.25) is 0 Å². The number of rotatable bonds is 7. The molecular formula is C20H17N3O5S. The largest absolute Gasteiger partial charge is 0.348 e. The molecule has 1 amide bonds. The lowest BCUT2D eigenvalue weighted by Crippen LogP contribution is -2.24. The summed E-state index contributed by atoms with van der Waals surface area (Å²) < 4.78 is 27.6. The number of hydrogen-bond acceptors (Lipinski definition) is 5. The van der Waals surface area contributed by atoms with E-state index in [1.807, 2.05) is 0 Å². The van der Waals surface area contributed by atoms with Crippen LogP contribution in [0, 0.1) is 10.1 Å². The summed E-state index contributed by atoms with van der Waals surface area (Å²) in [4.78, 5) is 22.6. The van der Waals surface area contributed by atoms with Gasteiger partial charge in [-0.05, 0) is 35.9 Å². The fraction of sp³-hybridized carbons (Fsp3) is 0.0500. The second-order valence-electron chi connectivity index (χ2n) is 6.06. The first-order valence-electron chi connectivity index (χ1n) is 8.55. The van der Waals surface area contributed by atoms with Gasteiger partial charge in [0.15, 0.2) is 0 Å². The molecule has 0 aromatic heterocycles. The Balaban J connectivity index is 1.72. The Labute approximate surface area is 167 Å². The van der Waals surface area contributed by atoms with Crippen LogP contribution < -0.4 is 10.0 Å². The highest BCUT2D eigenvalue weighted by atomic mass is 32.2. The molecule has 0 fully saturated rings. The van der Waals surface area contributed by atoms with Crippen LogP contribution in [0.2, 0.25) is 0 Å². The Hall–Kier alpha value is -3.72. The van der Waals surface area contributed by atoms with Gasteiger partial charge in [-0.2, -0.15) is 0 Å². The minimum atomic E-state index is -3.77. The van der Waals surface area contributed by atoms with Gasteiger partial charge < -0.3 is 5.32 Å². The van der Waals surface area contributed by atoms with E-state index in [-0.39, 0.29) is 22.7 Å². The van der Waals surface area contributed by atoms with E-state index in [1.54, 1.807) is 42.5 Å². The van der Waals surface area contributed by atoms with Crippen molar-refractivity contribution in [2.45, 2.75) is 11.4 Å². The summed E-state index contributed by atoms with van der Waals surface area (Å²) in [5.41, 5.74) is 1.07. The molecule has 3 aromatic carbocycles. The van der Waals surface area contributed by atoms with Crippen LogP contribution >= 0.6 is 0 Å². The van der Waals surface area contributed by atoms with Crippen molar-refractivity contribution in [3.63, 3.8) is 0 Å². The maximum Gasteiger partial charge on any atom is 0.269 e. The van der Waals surface area contributed by atoms with Crippen molar-refractivity contribution in [3.8, 4) is 0 Å². The van der Waals surface area contributed by atoms with Crippen LogP contribution in [0.3, 0.4) is 0 Å². The zero-order valence-corrected chi connectivity index (χ0v) is 15.9. The third kappa shape index (κ3) is 4.96. The van der Waals surface area contributed by atoms with E-state index >= 15 is 0 Å². The maximum atomic E-state index is 12.5. The van der Waals surface area contributed by atoms with Gasteiger partial charge in [0.25, 0.3) is 21.6 Å².